The van der Waals surface area contributed by atoms with Gasteiger partial charge in [0.25, 0.3) is 0 Å². The molecule has 1 aromatic heterocycles. The van der Waals surface area contributed by atoms with Gasteiger partial charge in [-0.3, -0.25) is 0 Å². The monoisotopic (exact) mass is 224 g/mol. The molecule has 0 amide bonds. The van der Waals surface area contributed by atoms with Crippen LogP contribution in [0.5, 0.6) is 0 Å². The predicted molar refractivity (Wildman–Crippen MR) is 60.9 cm³/mol. The summed E-state index contributed by atoms with van der Waals surface area (Å²) in [6.07, 6.45) is 3.97. The highest BCUT2D eigenvalue weighted by atomic mass is 16.5. The molecule has 0 saturated carbocycles. The fourth-order valence-corrected chi connectivity index (χ4v) is 2.03. The third kappa shape index (κ3) is 3.02. The Morgan fingerprint density at radius 3 is 3.06 bits per heavy atom. The van der Waals surface area contributed by atoms with Crippen LogP contribution in [0.15, 0.2) is 6.33 Å². The minimum Gasteiger partial charge on any atom is -0.381 e. The molecule has 0 spiro atoms. The zero-order chi connectivity index (χ0) is 11.2. The van der Waals surface area contributed by atoms with Crippen molar-refractivity contribution in [3.05, 3.63) is 12.2 Å². The Labute approximate surface area is 96.2 Å². The number of ether oxygens (including phenoxy) is 1. The molecule has 5 nitrogen and oxygen atoms in total. The SMILES string of the molecule is CCn1ncnc1CNCC1CCOCC1. The van der Waals surface area contributed by atoms with Crippen LogP contribution in [0.1, 0.15) is 25.6 Å². The fourth-order valence-electron chi connectivity index (χ4n) is 2.03. The molecule has 0 atom stereocenters. The summed E-state index contributed by atoms with van der Waals surface area (Å²) in [5, 5.41) is 7.60. The lowest BCUT2D eigenvalue weighted by Crippen LogP contribution is -2.28. The Kier molecular flexibility index (Phi) is 4.30. The quantitative estimate of drug-likeness (QED) is 0.804. The fraction of sp³-hybridized carbons (Fsp3) is 0.818. The van der Waals surface area contributed by atoms with Gasteiger partial charge in [0.05, 0.1) is 6.54 Å². The third-order valence-electron chi connectivity index (χ3n) is 3.05. The first-order chi connectivity index (χ1) is 7.90. The lowest BCUT2D eigenvalue weighted by molar-refractivity contribution is 0.0661. The van der Waals surface area contributed by atoms with Gasteiger partial charge in [-0.05, 0) is 32.2 Å². The van der Waals surface area contributed by atoms with Crippen molar-refractivity contribution in [3.8, 4) is 0 Å². The van der Waals surface area contributed by atoms with E-state index >= 15 is 0 Å². The summed E-state index contributed by atoms with van der Waals surface area (Å²) in [4.78, 5) is 4.23. The summed E-state index contributed by atoms with van der Waals surface area (Å²) in [5.41, 5.74) is 0. The lowest BCUT2D eigenvalue weighted by atomic mass is 10.0. The maximum Gasteiger partial charge on any atom is 0.140 e. The first kappa shape index (κ1) is 11.5. The number of nitrogens with one attached hydrogen (secondary N) is 1. The van der Waals surface area contributed by atoms with Crippen molar-refractivity contribution in [1.29, 1.82) is 0 Å². The molecule has 0 unspecified atom stereocenters. The van der Waals surface area contributed by atoms with Crippen LogP contribution in [-0.4, -0.2) is 34.5 Å². The van der Waals surface area contributed by atoms with Crippen LogP contribution >= 0.6 is 0 Å². The van der Waals surface area contributed by atoms with E-state index in [-0.39, 0.29) is 0 Å². The average Bonchev–Trinajstić information content (AvgIpc) is 2.78. The molecule has 1 fully saturated rings. The summed E-state index contributed by atoms with van der Waals surface area (Å²) >= 11 is 0. The van der Waals surface area contributed by atoms with E-state index in [9.17, 15) is 0 Å². The van der Waals surface area contributed by atoms with E-state index in [1.54, 1.807) is 6.33 Å². The molecule has 0 aliphatic carbocycles. The van der Waals surface area contributed by atoms with Crippen LogP contribution in [0.2, 0.25) is 0 Å². The summed E-state index contributed by atoms with van der Waals surface area (Å²) in [5.74, 6) is 1.78. The highest BCUT2D eigenvalue weighted by Gasteiger charge is 2.13. The van der Waals surface area contributed by atoms with Crippen LogP contribution in [0.3, 0.4) is 0 Å². The second-order valence-corrected chi connectivity index (χ2v) is 4.18. The molecule has 16 heavy (non-hydrogen) atoms. The molecule has 1 N–H and O–H groups in total. The van der Waals surface area contributed by atoms with Crippen molar-refractivity contribution in [2.24, 2.45) is 5.92 Å². The molecule has 2 heterocycles. The van der Waals surface area contributed by atoms with Crippen LogP contribution < -0.4 is 5.32 Å². The average molecular weight is 224 g/mol. The maximum atomic E-state index is 5.33. The normalized spacial score (nSPS) is 17.8. The second-order valence-electron chi connectivity index (χ2n) is 4.18. The van der Waals surface area contributed by atoms with Crippen molar-refractivity contribution < 1.29 is 4.74 Å². The molecule has 0 bridgehead atoms. The van der Waals surface area contributed by atoms with Crippen molar-refractivity contribution in [2.45, 2.75) is 32.9 Å². The van der Waals surface area contributed by atoms with Crippen molar-refractivity contribution >= 4 is 0 Å². The molecule has 1 saturated heterocycles. The Bertz CT molecular complexity index is 307. The number of rotatable bonds is 5. The van der Waals surface area contributed by atoms with Gasteiger partial charge in [0.2, 0.25) is 0 Å². The Balaban J connectivity index is 1.71. The standard InChI is InChI=1S/C11H20N4O/c1-2-15-11(13-9-14-15)8-12-7-10-3-5-16-6-4-10/h9-10,12H,2-8H2,1H3. The van der Waals surface area contributed by atoms with Gasteiger partial charge in [-0.1, -0.05) is 0 Å². The molecule has 1 aliphatic rings. The molecule has 5 heteroatoms. The zero-order valence-electron chi connectivity index (χ0n) is 9.85. The van der Waals surface area contributed by atoms with Crippen LogP contribution in [0, 0.1) is 5.92 Å². The topological polar surface area (TPSA) is 52.0 Å². The molecular formula is C11H20N4O. The minimum absolute atomic E-state index is 0.756. The van der Waals surface area contributed by atoms with E-state index in [1.807, 2.05) is 4.68 Å². The van der Waals surface area contributed by atoms with E-state index < -0.39 is 0 Å². The summed E-state index contributed by atoms with van der Waals surface area (Å²) in [6.45, 7) is 6.66. The van der Waals surface area contributed by atoms with Gasteiger partial charge in [-0.15, -0.1) is 0 Å². The lowest BCUT2D eigenvalue weighted by Gasteiger charge is -2.22. The first-order valence-electron chi connectivity index (χ1n) is 6.05. The van der Waals surface area contributed by atoms with E-state index in [1.165, 1.54) is 12.8 Å². The Morgan fingerprint density at radius 1 is 1.50 bits per heavy atom. The van der Waals surface area contributed by atoms with Crippen molar-refractivity contribution in [3.63, 3.8) is 0 Å². The molecule has 0 aromatic carbocycles. The first-order valence-corrected chi connectivity index (χ1v) is 6.05. The number of nitrogens with zero attached hydrogens (tertiary/aromatic N) is 3. The van der Waals surface area contributed by atoms with Gasteiger partial charge < -0.3 is 10.1 Å². The number of aromatic nitrogens is 3. The molecule has 1 aromatic rings. The molecule has 90 valence electrons. The Morgan fingerprint density at radius 2 is 2.31 bits per heavy atom. The summed E-state index contributed by atoms with van der Waals surface area (Å²) < 4.78 is 7.26. The third-order valence-corrected chi connectivity index (χ3v) is 3.05. The molecule has 2 rings (SSSR count). The van der Waals surface area contributed by atoms with Crippen molar-refractivity contribution in [1.82, 2.24) is 20.1 Å². The van der Waals surface area contributed by atoms with Gasteiger partial charge in [0, 0.05) is 19.8 Å². The molecule has 1 aliphatic heterocycles. The van der Waals surface area contributed by atoms with Crippen LogP contribution in [0.25, 0.3) is 0 Å². The van der Waals surface area contributed by atoms with Gasteiger partial charge in [0.15, 0.2) is 0 Å². The Hall–Kier alpha value is -0.940. The molecule has 0 radical (unpaired) electrons. The van der Waals surface area contributed by atoms with E-state index in [2.05, 4.69) is 22.3 Å². The zero-order valence-corrected chi connectivity index (χ0v) is 9.85. The van der Waals surface area contributed by atoms with Gasteiger partial charge >= 0.3 is 0 Å². The number of hydrogen-bond donors (Lipinski definition) is 1. The number of hydrogen-bond acceptors (Lipinski definition) is 4. The van der Waals surface area contributed by atoms with Gasteiger partial charge in [-0.25, -0.2) is 9.67 Å². The predicted octanol–water partition coefficient (Wildman–Crippen LogP) is 0.814. The number of aryl methyl sites for hydroxylation is 1. The van der Waals surface area contributed by atoms with E-state index in [0.29, 0.717) is 0 Å². The smallest absolute Gasteiger partial charge is 0.140 e. The van der Waals surface area contributed by atoms with Crippen LogP contribution in [-0.2, 0) is 17.8 Å². The van der Waals surface area contributed by atoms with Gasteiger partial charge in [-0.2, -0.15) is 5.10 Å². The van der Waals surface area contributed by atoms with Gasteiger partial charge in [0.1, 0.15) is 12.2 Å². The van der Waals surface area contributed by atoms with E-state index in [0.717, 1.165) is 44.6 Å². The summed E-state index contributed by atoms with van der Waals surface area (Å²) in [7, 11) is 0. The highest BCUT2D eigenvalue weighted by molar-refractivity contribution is 4.83. The highest BCUT2D eigenvalue weighted by Crippen LogP contribution is 2.13. The van der Waals surface area contributed by atoms with E-state index in [4.69, 9.17) is 4.74 Å². The maximum absolute atomic E-state index is 5.33. The molecular weight excluding hydrogens is 204 g/mol. The minimum atomic E-state index is 0.756. The van der Waals surface area contributed by atoms with Crippen molar-refractivity contribution in [2.75, 3.05) is 19.8 Å². The summed E-state index contributed by atoms with van der Waals surface area (Å²) in [6, 6.07) is 0. The largest absolute Gasteiger partial charge is 0.381 e. The van der Waals surface area contributed by atoms with Crippen LogP contribution in [0.4, 0.5) is 0 Å². The second kappa shape index (κ2) is 5.96.